The first-order valence-electron chi connectivity index (χ1n) is 6.19. The van der Waals surface area contributed by atoms with Crippen molar-refractivity contribution in [2.24, 2.45) is 0 Å². The molecule has 2 rings (SSSR count). The van der Waals surface area contributed by atoms with Crippen molar-refractivity contribution in [3.8, 4) is 0 Å². The third-order valence-corrected chi connectivity index (χ3v) is 3.72. The monoisotopic (exact) mass is 233 g/mol. The van der Waals surface area contributed by atoms with Crippen molar-refractivity contribution in [2.75, 3.05) is 0 Å². The van der Waals surface area contributed by atoms with E-state index in [1.54, 1.807) is 12.1 Å². The minimum Gasteiger partial charge on any atom is -0.249 e. The van der Waals surface area contributed by atoms with Gasteiger partial charge in [0, 0.05) is 10.3 Å². The van der Waals surface area contributed by atoms with Gasteiger partial charge in [-0.2, -0.15) is 0 Å². The summed E-state index contributed by atoms with van der Waals surface area (Å²) in [6.45, 7) is 0. The van der Waals surface area contributed by atoms with Gasteiger partial charge in [-0.1, -0.05) is 24.6 Å². The summed E-state index contributed by atoms with van der Waals surface area (Å²) in [7, 11) is -1.38. The van der Waals surface area contributed by atoms with E-state index in [1.807, 2.05) is 18.2 Å². The van der Waals surface area contributed by atoms with Gasteiger partial charge >= 0.3 is 0 Å². The highest BCUT2D eigenvalue weighted by molar-refractivity contribution is 7.88. The third kappa shape index (κ3) is 3.19. The minimum absolute atomic E-state index is 0.105. The molecule has 1 aliphatic rings. The van der Waals surface area contributed by atoms with Gasteiger partial charge in [0.15, 0.2) is 0 Å². The average Bonchev–Trinajstić information content (AvgIpc) is 2.40. The van der Waals surface area contributed by atoms with Crippen LogP contribution in [0.2, 0.25) is 0 Å². The lowest BCUT2D eigenvalue weighted by molar-refractivity contribution is 0.600. The van der Waals surface area contributed by atoms with Crippen LogP contribution < -0.4 is 0 Å². The quantitative estimate of drug-likeness (QED) is 0.710. The van der Waals surface area contributed by atoms with Crippen molar-refractivity contribution in [3.63, 3.8) is 0 Å². The van der Waals surface area contributed by atoms with Crippen LogP contribution in [0.1, 0.15) is 33.5 Å². The van der Waals surface area contributed by atoms with E-state index in [2.05, 4.69) is 5.73 Å². The Balaban J connectivity index is 2.22. The lowest BCUT2D eigenvalue weighted by Crippen LogP contribution is -1.92. The van der Waals surface area contributed by atoms with Crippen molar-refractivity contribution in [2.45, 2.75) is 37.0 Å². The van der Waals surface area contributed by atoms with Crippen LogP contribution in [0.15, 0.2) is 51.9 Å². The van der Waals surface area contributed by atoms with Crippen LogP contribution in [0.25, 0.3) is 0 Å². The summed E-state index contributed by atoms with van der Waals surface area (Å²) >= 11 is 0. The predicted molar refractivity (Wildman–Crippen MR) is 67.5 cm³/mol. The van der Waals surface area contributed by atoms with E-state index >= 15 is 0 Å². The van der Waals surface area contributed by atoms with Crippen LogP contribution in [-0.2, 0) is 10.8 Å². The van der Waals surface area contributed by atoms with Gasteiger partial charge in [0.2, 0.25) is 0 Å². The molecule has 1 fully saturated rings. The van der Waals surface area contributed by atoms with Crippen LogP contribution >= 0.6 is 0 Å². The molecule has 1 atom stereocenters. The molecule has 1 saturated carbocycles. The van der Waals surface area contributed by atoms with E-state index in [-0.39, 0.29) is 5.38 Å². The average molecular weight is 233 g/mol. The Hall–Kier alpha value is -1.11. The van der Waals surface area contributed by atoms with Gasteiger partial charge in [-0.05, 0) is 43.4 Å². The Bertz CT molecular complexity index is 464. The zero-order valence-corrected chi connectivity index (χ0v) is 10.1. The van der Waals surface area contributed by atoms with Gasteiger partial charge in [-0.25, -0.2) is 4.21 Å². The molecule has 0 amide bonds. The molecule has 1 aromatic rings. The Labute approximate surface area is 101 Å². The summed E-state index contributed by atoms with van der Waals surface area (Å²) in [6.07, 6.45) is 5.63. The summed E-state index contributed by atoms with van der Waals surface area (Å²) < 4.78 is 19.9. The van der Waals surface area contributed by atoms with Crippen LogP contribution in [-0.4, -0.2) is 4.21 Å². The number of hydrogen-bond donors (Lipinski definition) is 0. The van der Waals surface area contributed by atoms with Crippen molar-refractivity contribution in [1.29, 1.82) is 0 Å². The molecule has 0 heterocycles. The highest BCUT2D eigenvalue weighted by Crippen LogP contribution is 2.21. The molecule has 0 N–H and O–H groups in total. The maximum Gasteiger partial charge on any atom is 0.0854 e. The van der Waals surface area contributed by atoms with E-state index in [0.29, 0.717) is 4.90 Å². The fourth-order valence-electron chi connectivity index (χ4n) is 1.83. The third-order valence-electron chi connectivity index (χ3n) is 2.73. The molecule has 0 radical (unpaired) electrons. The van der Waals surface area contributed by atoms with Gasteiger partial charge in [0.05, 0.1) is 12.2 Å². The predicted octanol–water partition coefficient (Wildman–Crippen LogP) is 3.80. The molecule has 0 saturated heterocycles. The molecule has 1 aromatic carbocycles. The smallest absolute Gasteiger partial charge is 0.0854 e. The fourth-order valence-corrected chi connectivity index (χ4v) is 2.58. The lowest BCUT2D eigenvalue weighted by Gasteiger charge is -2.10. The normalized spacial score (nSPS) is 18.5. The van der Waals surface area contributed by atoms with Crippen LogP contribution in [0, 0.1) is 0 Å². The first-order chi connectivity index (χ1) is 8.27. The molecule has 1 nitrogen and oxygen atoms in total. The standard InChI is InChI=1S/C14H16OS/c15-16(14-9-5-2-6-10-14)12-11-13-7-3-1-4-8-13/h2,5-6,9-10,12H,1,3-4,7-8H2/i12D. The Morgan fingerprint density at radius 2 is 1.88 bits per heavy atom. The van der Waals surface area contributed by atoms with Gasteiger partial charge in [-0.15, -0.1) is 5.73 Å². The van der Waals surface area contributed by atoms with Gasteiger partial charge in [-0.3, -0.25) is 0 Å². The van der Waals surface area contributed by atoms with Crippen molar-refractivity contribution >= 4 is 10.8 Å². The minimum atomic E-state index is -1.38. The van der Waals surface area contributed by atoms with Crippen molar-refractivity contribution in [3.05, 3.63) is 47.0 Å². The second kappa shape index (κ2) is 5.83. The maximum absolute atomic E-state index is 12.0. The highest BCUT2D eigenvalue weighted by atomic mass is 32.2. The van der Waals surface area contributed by atoms with Gasteiger partial charge in [0.25, 0.3) is 0 Å². The molecule has 0 bridgehead atoms. The molecule has 2 heteroatoms. The number of rotatable bonds is 2. The number of benzene rings is 1. The first kappa shape index (κ1) is 10.1. The van der Waals surface area contributed by atoms with Gasteiger partial charge < -0.3 is 0 Å². The van der Waals surface area contributed by atoms with Crippen molar-refractivity contribution < 1.29 is 5.58 Å². The summed E-state index contributed by atoms with van der Waals surface area (Å²) in [4.78, 5) is 0.682. The van der Waals surface area contributed by atoms with E-state index in [4.69, 9.17) is 1.37 Å². The Kier molecular flexibility index (Phi) is 3.67. The van der Waals surface area contributed by atoms with E-state index in [1.165, 1.54) is 19.3 Å². The molecular formula is C14H16OS. The molecule has 16 heavy (non-hydrogen) atoms. The maximum atomic E-state index is 12.0. The van der Waals surface area contributed by atoms with Crippen molar-refractivity contribution in [1.82, 2.24) is 0 Å². The molecule has 0 aliphatic heterocycles. The first-order valence-corrected chi connectivity index (χ1v) is 6.84. The number of allylic oxidation sites excluding steroid dienone is 1. The topological polar surface area (TPSA) is 17.1 Å². The molecule has 1 unspecified atom stereocenters. The van der Waals surface area contributed by atoms with E-state index in [0.717, 1.165) is 18.4 Å². The highest BCUT2D eigenvalue weighted by Gasteiger charge is 2.04. The Morgan fingerprint density at radius 1 is 1.19 bits per heavy atom. The van der Waals surface area contributed by atoms with E-state index in [9.17, 15) is 4.21 Å². The van der Waals surface area contributed by atoms with E-state index < -0.39 is 10.8 Å². The largest absolute Gasteiger partial charge is 0.249 e. The molecule has 84 valence electrons. The second-order valence-corrected chi connectivity index (χ2v) is 5.19. The summed E-state index contributed by atoms with van der Waals surface area (Å²) in [5, 5.41) is 0.105. The van der Waals surface area contributed by atoms with Gasteiger partial charge in [0.1, 0.15) is 0 Å². The fraction of sp³-hybridized carbons (Fsp3) is 0.357. The van der Waals surface area contributed by atoms with Crippen LogP contribution in [0.3, 0.4) is 0 Å². The zero-order chi connectivity index (χ0) is 12.1. The summed E-state index contributed by atoms with van der Waals surface area (Å²) in [5.41, 5.74) is 4.17. The summed E-state index contributed by atoms with van der Waals surface area (Å²) in [5.74, 6) is 0. The lowest BCUT2D eigenvalue weighted by atomic mass is 9.96. The summed E-state index contributed by atoms with van der Waals surface area (Å²) in [6, 6.07) is 9.14. The molecule has 0 spiro atoms. The molecule has 0 aromatic heterocycles. The van der Waals surface area contributed by atoms with Crippen LogP contribution in [0.4, 0.5) is 0 Å². The van der Waals surface area contributed by atoms with Crippen LogP contribution in [0.5, 0.6) is 0 Å². The number of hydrogen-bond acceptors (Lipinski definition) is 1. The SMILES string of the molecule is [2H]C(=C=C1CCCCC1)S(=O)c1ccccc1. The molecule has 1 aliphatic carbocycles. The zero-order valence-electron chi connectivity index (χ0n) is 10.2. The molecular weight excluding hydrogens is 216 g/mol. The second-order valence-electron chi connectivity index (χ2n) is 3.97. The Morgan fingerprint density at radius 3 is 2.56 bits per heavy atom.